The molecule has 1 saturated carbocycles. The van der Waals surface area contributed by atoms with E-state index >= 15 is 0 Å². The third kappa shape index (κ3) is 11.8. The van der Waals surface area contributed by atoms with E-state index in [1.165, 1.54) is 62.2 Å². The first-order valence-corrected chi connectivity index (χ1v) is 11.6. The molecule has 0 radical (unpaired) electrons. The van der Waals surface area contributed by atoms with Crippen LogP contribution in [0.5, 0.6) is 5.75 Å². The number of phenols is 1. The van der Waals surface area contributed by atoms with Crippen LogP contribution in [0.25, 0.3) is 0 Å². The minimum Gasteiger partial charge on any atom is -0.534 e. The fourth-order valence-corrected chi connectivity index (χ4v) is 4.66. The number of hydrogen-bond donors (Lipinski definition) is 2. The average Bonchev–Trinajstić information content (AvgIpc) is 3.14. The summed E-state index contributed by atoms with van der Waals surface area (Å²) < 4.78 is 39.1. The first kappa shape index (κ1) is 27.8. The average molecular weight is 447 g/mol. The molecule has 2 N–H and O–H groups in total. The molecule has 3 unspecified atom stereocenters. The molecule has 1 amide bonds. The van der Waals surface area contributed by atoms with Gasteiger partial charge in [0.1, 0.15) is 0 Å². The number of aromatic hydroxyl groups is 1. The molecule has 1 heterocycles. The summed E-state index contributed by atoms with van der Waals surface area (Å²) in [7, 11) is -2.51. The van der Waals surface area contributed by atoms with Crippen molar-refractivity contribution in [3.05, 3.63) is 36.5 Å². The van der Waals surface area contributed by atoms with Crippen LogP contribution in [0, 0.1) is 36.6 Å². The second kappa shape index (κ2) is 14.8. The van der Waals surface area contributed by atoms with Crippen LogP contribution in [0.15, 0.2) is 12.1 Å². The van der Waals surface area contributed by atoms with Gasteiger partial charge in [-0.05, 0) is 43.4 Å². The Hall–Kier alpha value is -1.20. The Labute approximate surface area is 198 Å². The molecular weight excluding hydrogens is 416 g/mol. The molecule has 0 spiro atoms. The van der Waals surface area contributed by atoms with E-state index in [0.29, 0.717) is 5.92 Å². The molecule has 1 saturated heterocycles. The van der Waals surface area contributed by atoms with Crippen molar-refractivity contribution in [2.75, 3.05) is 13.2 Å². The van der Waals surface area contributed by atoms with Gasteiger partial charge in [0.25, 0.3) is 0 Å². The molecule has 0 aromatic heterocycles. The van der Waals surface area contributed by atoms with Crippen LogP contribution in [0.1, 0.15) is 56.9 Å². The number of halogens is 1. The molecular formula is C22H31FLiNO5S-2. The fourth-order valence-electron chi connectivity index (χ4n) is 4.47. The van der Waals surface area contributed by atoms with Gasteiger partial charge in [0, 0.05) is 35.7 Å². The Kier molecular flexibility index (Phi) is 13.3. The van der Waals surface area contributed by atoms with Gasteiger partial charge in [-0.2, -0.15) is 5.56 Å². The molecule has 1 aromatic carbocycles. The van der Waals surface area contributed by atoms with Gasteiger partial charge in [-0.15, -0.1) is 18.2 Å². The van der Waals surface area contributed by atoms with Crippen LogP contribution in [-0.2, 0) is 35.3 Å². The van der Waals surface area contributed by atoms with Crippen LogP contribution in [0.4, 0.5) is 4.39 Å². The summed E-state index contributed by atoms with van der Waals surface area (Å²) in [4.78, 5) is 9.64. The number of carbonyl (C=O) groups is 1. The summed E-state index contributed by atoms with van der Waals surface area (Å²) in [6.07, 6.45) is 11.2. The summed E-state index contributed by atoms with van der Waals surface area (Å²) in [5.41, 5.74) is 0.910. The normalized spacial score (nSPS) is 22.8. The standard InChI is InChI=1S/C20H28FO2.C2H3NO3S.Li/c21-19-11-18(12-20(22)13-19)10-17-6-2-4-15(9-17)3-1-5-16-7-8-23-14-16;1-2(4)3-7(5)6;/h11-12,15-17,22H,1-10,14H2;1H2,(H,3,4,5,6);/q-1;-2;+1. The van der Waals surface area contributed by atoms with Crippen molar-refractivity contribution in [2.45, 2.75) is 57.8 Å². The summed E-state index contributed by atoms with van der Waals surface area (Å²) >= 11 is 0. The zero-order valence-corrected chi connectivity index (χ0v) is 19.1. The van der Waals surface area contributed by atoms with Gasteiger partial charge >= 0.3 is 18.9 Å². The Bertz CT molecular complexity index is 727. The van der Waals surface area contributed by atoms with Crippen LogP contribution < -0.4 is 23.6 Å². The molecule has 1 aromatic rings. The first-order valence-electron chi connectivity index (χ1n) is 10.5. The fraction of sp³-hybridized carbons (Fsp3) is 0.636. The van der Waals surface area contributed by atoms with Crippen molar-refractivity contribution >= 4 is 16.8 Å². The number of nitrogens with one attached hydrogen (secondary N) is 1. The van der Waals surface area contributed by atoms with E-state index in [0.717, 1.165) is 37.0 Å². The SMILES string of the molecule is Oc1[c-]c(F)cc(CC2CCCC(CCCC3CCOC3)C2)c1.[CH2-]C(=O)N[S-](=O)=O.[Li+]. The van der Waals surface area contributed by atoms with E-state index in [4.69, 9.17) is 4.74 Å². The summed E-state index contributed by atoms with van der Waals surface area (Å²) in [6.45, 7) is 4.65. The second-order valence-electron chi connectivity index (χ2n) is 8.25. The maximum atomic E-state index is 13.3. The summed E-state index contributed by atoms with van der Waals surface area (Å²) in [5.74, 6) is 0.890. The third-order valence-corrected chi connectivity index (χ3v) is 6.14. The van der Waals surface area contributed by atoms with Gasteiger partial charge in [-0.25, -0.2) is 4.39 Å². The Morgan fingerprint density at radius 2 is 1.94 bits per heavy atom. The quantitative estimate of drug-likeness (QED) is 0.370. The predicted octanol–water partition coefficient (Wildman–Crippen LogP) is 1.05. The smallest absolute Gasteiger partial charge is 0.534 e. The summed E-state index contributed by atoms with van der Waals surface area (Å²) in [6, 6.07) is 5.47. The van der Waals surface area contributed by atoms with Gasteiger partial charge in [0.2, 0.25) is 0 Å². The molecule has 31 heavy (non-hydrogen) atoms. The van der Waals surface area contributed by atoms with Gasteiger partial charge < -0.3 is 34.7 Å². The Balaban J connectivity index is 0.000000523. The molecule has 2 fully saturated rings. The van der Waals surface area contributed by atoms with Crippen molar-refractivity contribution in [1.82, 2.24) is 4.72 Å². The zero-order valence-electron chi connectivity index (χ0n) is 18.2. The van der Waals surface area contributed by atoms with E-state index in [9.17, 15) is 22.7 Å². The number of ether oxygens (including phenoxy) is 1. The maximum absolute atomic E-state index is 13.3. The van der Waals surface area contributed by atoms with Crippen molar-refractivity contribution in [2.24, 2.45) is 17.8 Å². The number of benzene rings is 1. The molecule has 1 aliphatic heterocycles. The number of phenolic OH excluding ortho intramolecular Hbond substituents is 1. The number of carbonyl (C=O) groups excluding carboxylic acids is 1. The van der Waals surface area contributed by atoms with Crippen molar-refractivity contribution in [3.63, 3.8) is 0 Å². The molecule has 6 nitrogen and oxygen atoms in total. The number of hydrogen-bond acceptors (Lipinski definition) is 6. The first-order chi connectivity index (χ1) is 14.3. The van der Waals surface area contributed by atoms with Gasteiger partial charge in [0.15, 0.2) is 0 Å². The molecule has 3 rings (SSSR count). The minimum atomic E-state index is -2.51. The zero-order chi connectivity index (χ0) is 21.9. The Morgan fingerprint density at radius 1 is 1.23 bits per heavy atom. The van der Waals surface area contributed by atoms with Gasteiger partial charge in [-0.1, -0.05) is 32.1 Å². The molecule has 2 aliphatic rings. The Morgan fingerprint density at radius 3 is 2.52 bits per heavy atom. The number of amides is 1. The molecule has 9 heteroatoms. The van der Waals surface area contributed by atoms with E-state index in [1.54, 1.807) is 6.07 Å². The largest absolute Gasteiger partial charge is 1.00 e. The summed E-state index contributed by atoms with van der Waals surface area (Å²) in [5, 5.41) is 9.49. The maximum Gasteiger partial charge on any atom is 1.00 e. The van der Waals surface area contributed by atoms with Gasteiger partial charge in [-0.3, -0.25) is 0 Å². The van der Waals surface area contributed by atoms with E-state index < -0.39 is 22.6 Å². The molecule has 3 atom stereocenters. The monoisotopic (exact) mass is 447 g/mol. The third-order valence-electron chi connectivity index (χ3n) is 5.74. The van der Waals surface area contributed by atoms with Gasteiger partial charge in [0.05, 0.1) is 5.91 Å². The second-order valence-corrected chi connectivity index (χ2v) is 8.92. The van der Waals surface area contributed by atoms with Crippen molar-refractivity contribution in [3.8, 4) is 5.75 Å². The molecule has 170 valence electrons. The van der Waals surface area contributed by atoms with Crippen LogP contribution in [0.3, 0.4) is 0 Å². The van der Waals surface area contributed by atoms with E-state index in [2.05, 4.69) is 13.0 Å². The predicted molar refractivity (Wildman–Crippen MR) is 111 cm³/mol. The van der Waals surface area contributed by atoms with Crippen LogP contribution >= 0.6 is 0 Å². The van der Waals surface area contributed by atoms with E-state index in [1.807, 2.05) is 0 Å². The van der Waals surface area contributed by atoms with Crippen molar-refractivity contribution < 1.29 is 46.3 Å². The topological polar surface area (TPSA) is 92.7 Å². The van der Waals surface area contributed by atoms with E-state index in [-0.39, 0.29) is 24.6 Å². The van der Waals surface area contributed by atoms with Crippen LogP contribution in [0.2, 0.25) is 0 Å². The number of rotatable bonds is 7. The van der Waals surface area contributed by atoms with Crippen LogP contribution in [-0.4, -0.2) is 24.2 Å². The molecule has 0 bridgehead atoms. The van der Waals surface area contributed by atoms with Crippen molar-refractivity contribution in [1.29, 1.82) is 0 Å². The minimum absolute atomic E-state index is 0. The molecule has 1 aliphatic carbocycles.